The molecule has 2 aromatic heterocycles. The van der Waals surface area contributed by atoms with Gasteiger partial charge >= 0.3 is 6.03 Å². The van der Waals surface area contributed by atoms with Gasteiger partial charge in [-0.1, -0.05) is 6.92 Å². The standard InChI is InChI=1S/C25H33FN4O3/c1-14-4-9-19(28-25(33)29-23(31)16-5-7-18(26)8-6-16)12-20(14)21-11-17-13-27-15(2)10-22(17)30(3)24(21)32/h10-11,13-14,16,18-20H,4-9,12H2,1-3H3,(H2,28,29,31,33). The van der Waals surface area contributed by atoms with Gasteiger partial charge in [-0.3, -0.25) is 19.9 Å². The predicted molar refractivity (Wildman–Crippen MR) is 125 cm³/mol. The first-order valence-corrected chi connectivity index (χ1v) is 11.9. The largest absolute Gasteiger partial charge is 0.335 e. The van der Waals surface area contributed by atoms with E-state index in [0.717, 1.165) is 35.0 Å². The highest BCUT2D eigenvalue weighted by Gasteiger charge is 2.33. The average Bonchev–Trinajstić information content (AvgIpc) is 2.78. The highest BCUT2D eigenvalue weighted by atomic mass is 19.1. The number of rotatable bonds is 3. The van der Waals surface area contributed by atoms with Crippen LogP contribution in [0.25, 0.3) is 10.9 Å². The Morgan fingerprint density at radius 3 is 2.58 bits per heavy atom. The Morgan fingerprint density at radius 2 is 1.85 bits per heavy atom. The minimum Gasteiger partial charge on any atom is -0.335 e. The maximum atomic E-state index is 13.3. The lowest BCUT2D eigenvalue weighted by atomic mass is 9.74. The molecule has 2 saturated carbocycles. The number of halogens is 1. The van der Waals surface area contributed by atoms with Crippen molar-refractivity contribution in [3.8, 4) is 0 Å². The van der Waals surface area contributed by atoms with E-state index in [0.29, 0.717) is 38.0 Å². The third-order valence-corrected chi connectivity index (χ3v) is 7.47. The molecule has 2 aromatic rings. The highest BCUT2D eigenvalue weighted by Crippen LogP contribution is 2.37. The lowest BCUT2D eigenvalue weighted by molar-refractivity contribution is -0.125. The normalized spacial score (nSPS) is 27.8. The molecule has 33 heavy (non-hydrogen) atoms. The molecule has 0 spiro atoms. The van der Waals surface area contributed by atoms with Crippen LogP contribution in [0.5, 0.6) is 0 Å². The Morgan fingerprint density at radius 1 is 1.12 bits per heavy atom. The molecule has 0 aliphatic heterocycles. The fraction of sp³-hybridized carbons (Fsp3) is 0.600. The molecule has 2 aliphatic rings. The topological polar surface area (TPSA) is 93.1 Å². The van der Waals surface area contributed by atoms with E-state index < -0.39 is 12.2 Å². The number of nitrogens with zero attached hydrogens (tertiary/aromatic N) is 2. The molecule has 2 fully saturated rings. The second kappa shape index (κ2) is 9.61. The molecule has 0 saturated heterocycles. The summed E-state index contributed by atoms with van der Waals surface area (Å²) in [5.41, 5.74) is 2.44. The van der Waals surface area contributed by atoms with Gasteiger partial charge in [0.2, 0.25) is 5.91 Å². The first-order chi connectivity index (χ1) is 15.7. The molecule has 2 aliphatic carbocycles. The van der Waals surface area contributed by atoms with Crippen molar-refractivity contribution in [2.45, 2.75) is 76.9 Å². The number of carbonyl (C=O) groups excluding carboxylic acids is 2. The number of aryl methyl sites for hydroxylation is 2. The first kappa shape index (κ1) is 23.4. The number of imide groups is 1. The number of fused-ring (bicyclic) bond motifs is 1. The van der Waals surface area contributed by atoms with Crippen LogP contribution in [0, 0.1) is 18.8 Å². The summed E-state index contributed by atoms with van der Waals surface area (Å²) in [5.74, 6) is -0.331. The van der Waals surface area contributed by atoms with Crippen LogP contribution in [0.4, 0.5) is 9.18 Å². The summed E-state index contributed by atoms with van der Waals surface area (Å²) in [6.45, 7) is 4.04. The van der Waals surface area contributed by atoms with Crippen LogP contribution < -0.4 is 16.2 Å². The zero-order chi connectivity index (χ0) is 23.7. The first-order valence-electron chi connectivity index (χ1n) is 11.9. The SMILES string of the molecule is Cc1cc2c(cn1)cc(C1CC(NC(=O)NC(=O)C3CCC(F)CC3)CCC1C)c(=O)n2C. The molecule has 2 N–H and O–H groups in total. The molecule has 3 unspecified atom stereocenters. The van der Waals surface area contributed by atoms with Crippen molar-refractivity contribution >= 4 is 22.8 Å². The lowest BCUT2D eigenvalue weighted by Gasteiger charge is -2.35. The Balaban J connectivity index is 1.45. The van der Waals surface area contributed by atoms with Crippen LogP contribution in [0.1, 0.15) is 69.0 Å². The fourth-order valence-electron chi connectivity index (χ4n) is 5.39. The second-order valence-corrected chi connectivity index (χ2v) is 9.85. The number of amides is 3. The molecule has 0 bridgehead atoms. The maximum Gasteiger partial charge on any atom is 0.321 e. The summed E-state index contributed by atoms with van der Waals surface area (Å²) in [6.07, 6.45) is 4.95. The quantitative estimate of drug-likeness (QED) is 0.733. The van der Waals surface area contributed by atoms with Crippen LogP contribution in [-0.2, 0) is 11.8 Å². The predicted octanol–water partition coefficient (Wildman–Crippen LogP) is 3.87. The van der Waals surface area contributed by atoms with Gasteiger partial charge in [0.05, 0.1) is 5.52 Å². The molecule has 7 nitrogen and oxygen atoms in total. The van der Waals surface area contributed by atoms with Crippen LogP contribution in [-0.4, -0.2) is 33.7 Å². The zero-order valence-electron chi connectivity index (χ0n) is 19.6. The van der Waals surface area contributed by atoms with Gasteiger partial charge in [0.15, 0.2) is 0 Å². The third kappa shape index (κ3) is 5.09. The second-order valence-electron chi connectivity index (χ2n) is 9.85. The molecular weight excluding hydrogens is 423 g/mol. The van der Waals surface area contributed by atoms with E-state index in [9.17, 15) is 18.8 Å². The number of pyridine rings is 2. The average molecular weight is 457 g/mol. The number of hydrogen-bond acceptors (Lipinski definition) is 4. The van der Waals surface area contributed by atoms with E-state index in [1.54, 1.807) is 17.8 Å². The van der Waals surface area contributed by atoms with Crippen molar-refractivity contribution < 1.29 is 14.0 Å². The van der Waals surface area contributed by atoms with Gasteiger partial charge < -0.3 is 9.88 Å². The van der Waals surface area contributed by atoms with Gasteiger partial charge in [-0.2, -0.15) is 0 Å². The van der Waals surface area contributed by atoms with Gasteiger partial charge in [0.1, 0.15) is 6.17 Å². The van der Waals surface area contributed by atoms with E-state index in [1.165, 1.54) is 0 Å². The zero-order valence-corrected chi connectivity index (χ0v) is 19.6. The molecule has 0 radical (unpaired) electrons. The van der Waals surface area contributed by atoms with Gasteiger partial charge in [-0.25, -0.2) is 9.18 Å². The van der Waals surface area contributed by atoms with E-state index >= 15 is 0 Å². The minimum atomic E-state index is -0.841. The van der Waals surface area contributed by atoms with Crippen LogP contribution in [0.2, 0.25) is 0 Å². The number of alkyl halides is 1. The van der Waals surface area contributed by atoms with Crippen LogP contribution in [0.3, 0.4) is 0 Å². The third-order valence-electron chi connectivity index (χ3n) is 7.47. The molecule has 3 amide bonds. The van der Waals surface area contributed by atoms with Crippen molar-refractivity contribution in [2.75, 3.05) is 0 Å². The number of urea groups is 1. The van der Waals surface area contributed by atoms with Crippen molar-refractivity contribution in [1.29, 1.82) is 0 Å². The van der Waals surface area contributed by atoms with Crippen molar-refractivity contribution in [1.82, 2.24) is 20.2 Å². The summed E-state index contributed by atoms with van der Waals surface area (Å²) in [7, 11) is 1.78. The van der Waals surface area contributed by atoms with Crippen LogP contribution >= 0.6 is 0 Å². The number of nitrogens with one attached hydrogen (secondary N) is 2. The minimum absolute atomic E-state index is 0.00369. The maximum absolute atomic E-state index is 13.3. The molecule has 2 heterocycles. The molecular formula is C25H33FN4O3. The van der Waals surface area contributed by atoms with E-state index in [1.807, 2.05) is 19.1 Å². The van der Waals surface area contributed by atoms with Gasteiger partial charge in [0, 0.05) is 41.8 Å². The monoisotopic (exact) mass is 456 g/mol. The van der Waals surface area contributed by atoms with E-state index in [4.69, 9.17) is 0 Å². The summed E-state index contributed by atoms with van der Waals surface area (Å²) in [4.78, 5) is 42.4. The Hall–Kier alpha value is -2.77. The van der Waals surface area contributed by atoms with Gasteiger partial charge in [-0.05, 0) is 75.8 Å². The van der Waals surface area contributed by atoms with Gasteiger partial charge in [0.25, 0.3) is 5.56 Å². The molecule has 0 aromatic carbocycles. The van der Waals surface area contributed by atoms with Crippen LogP contribution in [0.15, 0.2) is 23.1 Å². The van der Waals surface area contributed by atoms with Crippen molar-refractivity contribution in [2.24, 2.45) is 18.9 Å². The fourth-order valence-corrected chi connectivity index (χ4v) is 5.39. The number of carbonyl (C=O) groups is 2. The van der Waals surface area contributed by atoms with Crippen molar-refractivity contribution in [3.63, 3.8) is 0 Å². The van der Waals surface area contributed by atoms with Gasteiger partial charge in [-0.15, -0.1) is 0 Å². The summed E-state index contributed by atoms with van der Waals surface area (Å²) in [6, 6.07) is 3.22. The smallest absolute Gasteiger partial charge is 0.321 e. The summed E-state index contributed by atoms with van der Waals surface area (Å²) in [5, 5.41) is 6.30. The van der Waals surface area contributed by atoms with Crippen molar-refractivity contribution in [3.05, 3.63) is 39.9 Å². The highest BCUT2D eigenvalue weighted by molar-refractivity contribution is 5.95. The molecule has 8 heteroatoms. The molecule has 4 rings (SSSR count). The lowest BCUT2D eigenvalue weighted by Crippen LogP contribution is -2.48. The summed E-state index contributed by atoms with van der Waals surface area (Å²) < 4.78 is 15.0. The Labute approximate surface area is 193 Å². The summed E-state index contributed by atoms with van der Waals surface area (Å²) >= 11 is 0. The Kier molecular flexibility index (Phi) is 6.81. The number of hydrogen-bond donors (Lipinski definition) is 2. The Bertz CT molecular complexity index is 1110. The van der Waals surface area contributed by atoms with E-state index in [-0.39, 0.29) is 29.3 Å². The number of aromatic nitrogens is 2. The molecule has 3 atom stereocenters. The van der Waals surface area contributed by atoms with E-state index in [2.05, 4.69) is 22.5 Å². The molecule has 178 valence electrons.